The predicted octanol–water partition coefficient (Wildman–Crippen LogP) is 6.10. The van der Waals surface area contributed by atoms with Crippen molar-refractivity contribution in [1.29, 1.82) is 0 Å². The summed E-state index contributed by atoms with van der Waals surface area (Å²) in [6.45, 7) is 9.76. The first-order valence-electron chi connectivity index (χ1n) is 20.4. The summed E-state index contributed by atoms with van der Waals surface area (Å²) in [7, 11) is 7.60. The van der Waals surface area contributed by atoms with E-state index < -0.39 is 18.2 Å². The predicted molar refractivity (Wildman–Crippen MR) is 209 cm³/mol. The Labute approximate surface area is 316 Å². The fraction of sp³-hybridized carbons (Fsp3) is 0.810. The molecule has 5 atom stereocenters. The monoisotopic (exact) mass is 731 g/mol. The molecular formula is C42H74N4O6. The lowest BCUT2D eigenvalue weighted by molar-refractivity contribution is -0.157. The Kier molecular flexibility index (Phi) is 20.8. The Morgan fingerprint density at radius 2 is 1.67 bits per heavy atom. The maximum absolute atomic E-state index is 14.4. The molecule has 0 spiro atoms. The Hall–Kier alpha value is -2.08. The molecule has 0 bridgehead atoms. The molecule has 52 heavy (non-hydrogen) atoms. The van der Waals surface area contributed by atoms with Crippen LogP contribution in [-0.4, -0.2) is 123 Å². The number of nitrogens with one attached hydrogen (secondary N) is 1. The maximum Gasteiger partial charge on any atom is 0.249 e. The zero-order chi connectivity index (χ0) is 37.9. The van der Waals surface area contributed by atoms with Gasteiger partial charge in [0.25, 0.3) is 0 Å². The smallest absolute Gasteiger partial charge is 0.249 e. The number of likely N-dealkylation sites (tertiary alicyclic amines) is 1. The number of carbonyl (C=O) groups excluding carboxylic acids is 2. The van der Waals surface area contributed by atoms with Gasteiger partial charge in [-0.3, -0.25) is 14.5 Å². The highest BCUT2D eigenvalue weighted by atomic mass is 16.7. The topological polar surface area (TPSA) is 104 Å². The molecule has 1 heterocycles. The molecule has 1 aromatic rings. The van der Waals surface area contributed by atoms with Crippen LogP contribution in [0.5, 0.6) is 0 Å². The minimum Gasteiger partial charge on any atom is -0.391 e. The van der Waals surface area contributed by atoms with E-state index in [9.17, 15) is 14.7 Å². The summed E-state index contributed by atoms with van der Waals surface area (Å²) in [5.41, 5.74) is 1.17. The minimum absolute atomic E-state index is 0.0629. The van der Waals surface area contributed by atoms with E-state index in [1.165, 1.54) is 24.8 Å². The van der Waals surface area contributed by atoms with Gasteiger partial charge in [0.15, 0.2) is 0 Å². The van der Waals surface area contributed by atoms with Gasteiger partial charge in [0.2, 0.25) is 11.8 Å². The number of amides is 2. The van der Waals surface area contributed by atoms with E-state index in [0.717, 1.165) is 64.6 Å². The fourth-order valence-electron chi connectivity index (χ4n) is 7.88. The van der Waals surface area contributed by atoms with Crippen LogP contribution in [0.2, 0.25) is 0 Å². The summed E-state index contributed by atoms with van der Waals surface area (Å²) in [6.07, 6.45) is 11.0. The highest BCUT2D eigenvalue weighted by molar-refractivity contribution is 5.81. The van der Waals surface area contributed by atoms with Crippen molar-refractivity contribution in [2.75, 3.05) is 61.2 Å². The number of carbonyl (C=O) groups is 2. The molecule has 0 unspecified atom stereocenters. The number of aliphatic hydroxyl groups excluding tert-OH is 1. The summed E-state index contributed by atoms with van der Waals surface area (Å²) in [5, 5.41) is 15.3. The van der Waals surface area contributed by atoms with Crippen LogP contribution in [0.3, 0.4) is 0 Å². The Morgan fingerprint density at radius 1 is 0.981 bits per heavy atom. The number of unbranched alkanes of at least 4 members (excludes halogenated alkanes) is 1. The summed E-state index contributed by atoms with van der Waals surface area (Å²) in [6, 6.07) is 9.91. The Balaban J connectivity index is 1.80. The van der Waals surface area contributed by atoms with Gasteiger partial charge in [-0.05, 0) is 76.6 Å². The Morgan fingerprint density at radius 3 is 2.29 bits per heavy atom. The quantitative estimate of drug-likeness (QED) is 0.123. The highest BCUT2D eigenvalue weighted by Gasteiger charge is 2.36. The molecule has 10 heteroatoms. The molecule has 1 aromatic carbocycles. The lowest BCUT2D eigenvalue weighted by Gasteiger charge is -2.39. The maximum atomic E-state index is 14.4. The van der Waals surface area contributed by atoms with Crippen molar-refractivity contribution in [2.45, 2.75) is 141 Å². The molecule has 10 nitrogen and oxygen atoms in total. The molecule has 2 fully saturated rings. The molecular weight excluding hydrogens is 656 g/mol. The van der Waals surface area contributed by atoms with Gasteiger partial charge >= 0.3 is 0 Å². The van der Waals surface area contributed by atoms with Crippen LogP contribution in [0.4, 0.5) is 0 Å². The van der Waals surface area contributed by atoms with E-state index in [0.29, 0.717) is 44.9 Å². The highest BCUT2D eigenvalue weighted by Crippen LogP contribution is 2.30. The van der Waals surface area contributed by atoms with Gasteiger partial charge in [0.1, 0.15) is 19.1 Å². The second-order valence-electron chi connectivity index (χ2n) is 16.1. The van der Waals surface area contributed by atoms with Crippen LogP contribution in [-0.2, 0) is 30.2 Å². The number of ether oxygens (including phenoxy) is 3. The third kappa shape index (κ3) is 15.7. The number of methoxy groups -OCH3 is 1. The van der Waals surface area contributed by atoms with E-state index >= 15 is 0 Å². The van der Waals surface area contributed by atoms with Crippen LogP contribution in [0.1, 0.15) is 110 Å². The van der Waals surface area contributed by atoms with Gasteiger partial charge in [-0.1, -0.05) is 96.0 Å². The van der Waals surface area contributed by atoms with E-state index in [1.807, 2.05) is 44.2 Å². The van der Waals surface area contributed by atoms with Crippen LogP contribution in [0, 0.1) is 17.8 Å². The van der Waals surface area contributed by atoms with Crippen molar-refractivity contribution < 1.29 is 28.9 Å². The fourth-order valence-corrected chi connectivity index (χ4v) is 7.88. The normalized spacial score (nSPS) is 19.3. The summed E-state index contributed by atoms with van der Waals surface area (Å²) >= 11 is 0. The molecule has 0 aromatic heterocycles. The number of benzene rings is 1. The molecule has 1 saturated heterocycles. The minimum atomic E-state index is -0.838. The van der Waals surface area contributed by atoms with Crippen molar-refractivity contribution in [1.82, 2.24) is 20.0 Å². The van der Waals surface area contributed by atoms with Crippen LogP contribution in [0.25, 0.3) is 0 Å². The zero-order valence-corrected chi connectivity index (χ0v) is 33.8. The van der Waals surface area contributed by atoms with Gasteiger partial charge in [-0.15, -0.1) is 0 Å². The second kappa shape index (κ2) is 24.4. The molecule has 2 N–H and O–H groups in total. The van der Waals surface area contributed by atoms with E-state index in [-0.39, 0.29) is 36.0 Å². The first-order chi connectivity index (χ1) is 25.0. The number of rotatable bonds is 24. The van der Waals surface area contributed by atoms with Crippen molar-refractivity contribution in [2.24, 2.45) is 17.8 Å². The number of hydrogen-bond donors (Lipinski definition) is 2. The third-order valence-electron chi connectivity index (χ3n) is 11.2. The average molecular weight is 731 g/mol. The summed E-state index contributed by atoms with van der Waals surface area (Å²) in [5.74, 6) is 0.0898. The molecule has 1 saturated carbocycles. The lowest BCUT2D eigenvalue weighted by Crippen LogP contribution is -2.53. The van der Waals surface area contributed by atoms with E-state index in [2.05, 4.69) is 48.0 Å². The molecule has 3 rings (SSSR count). The second-order valence-corrected chi connectivity index (χ2v) is 16.1. The van der Waals surface area contributed by atoms with Gasteiger partial charge in [-0.25, -0.2) is 0 Å². The van der Waals surface area contributed by atoms with Crippen molar-refractivity contribution in [3.8, 4) is 0 Å². The summed E-state index contributed by atoms with van der Waals surface area (Å²) in [4.78, 5) is 34.4. The molecule has 2 amide bonds. The van der Waals surface area contributed by atoms with Crippen molar-refractivity contribution in [3.05, 3.63) is 35.9 Å². The van der Waals surface area contributed by atoms with Crippen LogP contribution < -0.4 is 5.32 Å². The molecule has 1 aliphatic heterocycles. The third-order valence-corrected chi connectivity index (χ3v) is 11.2. The van der Waals surface area contributed by atoms with Crippen LogP contribution >= 0.6 is 0 Å². The van der Waals surface area contributed by atoms with Crippen molar-refractivity contribution in [3.63, 3.8) is 0 Å². The number of aliphatic hydroxyl groups is 1. The van der Waals surface area contributed by atoms with Crippen LogP contribution in [0.15, 0.2) is 30.3 Å². The standard InChI is InChI=1S/C42H74N4O6/c1-8-9-21-39(52-40(29-34-19-14-11-15-20-34)46-26-22-35(23-27-46)51-31-50-7)41(48)43-37(28-33-17-12-10-13-18-33)38(47)30-36(32(2)3)42(49)45(6)25-16-24-44(4)5/h11,14-15,19-20,32-33,35-40,47H,8-10,12-13,16-18,21-31H2,1-7H3,(H,43,48)/t36-,37-,38-,39-,40-/m0/s1. The number of nitrogens with zero attached hydrogens (tertiary/aromatic N) is 3. The first kappa shape index (κ1) is 44.3. The number of piperidine rings is 1. The van der Waals surface area contributed by atoms with Gasteiger partial charge in [0.05, 0.1) is 18.2 Å². The lowest BCUT2D eigenvalue weighted by atomic mass is 9.81. The molecule has 0 radical (unpaired) electrons. The van der Waals surface area contributed by atoms with E-state index in [4.69, 9.17) is 14.2 Å². The zero-order valence-electron chi connectivity index (χ0n) is 33.8. The molecule has 2 aliphatic rings. The first-order valence-corrected chi connectivity index (χ1v) is 20.4. The SMILES string of the molecule is CCCC[C@H](O[C@@H](Cc1ccccc1)N1CCC(OCOC)CC1)C(=O)N[C@@H](CC1CCCCC1)[C@@H](O)C[C@H](C(=O)N(C)CCCN(C)C)C(C)C. The van der Waals surface area contributed by atoms with E-state index in [1.54, 1.807) is 7.11 Å². The average Bonchev–Trinajstić information content (AvgIpc) is 3.14. The Bertz CT molecular complexity index is 1110. The van der Waals surface area contributed by atoms with Gasteiger partial charge < -0.3 is 34.4 Å². The molecule has 1 aliphatic carbocycles. The molecule has 298 valence electrons. The van der Waals surface area contributed by atoms with Gasteiger partial charge in [-0.2, -0.15) is 0 Å². The largest absolute Gasteiger partial charge is 0.391 e. The summed E-state index contributed by atoms with van der Waals surface area (Å²) < 4.78 is 17.9. The number of hydrogen-bond acceptors (Lipinski definition) is 8. The van der Waals surface area contributed by atoms with Gasteiger partial charge in [0, 0.05) is 46.1 Å². The van der Waals surface area contributed by atoms with Crippen molar-refractivity contribution >= 4 is 11.8 Å².